The van der Waals surface area contributed by atoms with Crippen molar-refractivity contribution in [2.45, 2.75) is 103 Å². The van der Waals surface area contributed by atoms with E-state index in [0.29, 0.717) is 6.10 Å². The lowest BCUT2D eigenvalue weighted by atomic mass is 9.79. The SMILES string of the molecule is CCCC1CCC(OCCC[C@H]2CC[C@H](CC)CC2)CC1. The minimum atomic E-state index is 0.592. The van der Waals surface area contributed by atoms with Crippen molar-refractivity contribution in [1.82, 2.24) is 0 Å². The molecule has 2 aliphatic rings. The minimum absolute atomic E-state index is 0.592. The second-order valence-electron chi connectivity index (χ2n) is 7.74. The van der Waals surface area contributed by atoms with Crippen LogP contribution < -0.4 is 0 Å². The monoisotopic (exact) mass is 294 g/mol. The van der Waals surface area contributed by atoms with Crippen molar-refractivity contribution >= 4 is 0 Å². The third kappa shape index (κ3) is 6.30. The van der Waals surface area contributed by atoms with Gasteiger partial charge in [0.25, 0.3) is 0 Å². The van der Waals surface area contributed by atoms with Crippen LogP contribution >= 0.6 is 0 Å². The van der Waals surface area contributed by atoms with Crippen LogP contribution in [-0.4, -0.2) is 12.7 Å². The minimum Gasteiger partial charge on any atom is -0.378 e. The Labute approximate surface area is 133 Å². The Morgan fingerprint density at radius 2 is 1.29 bits per heavy atom. The van der Waals surface area contributed by atoms with Crippen LogP contribution in [0.5, 0.6) is 0 Å². The average molecular weight is 295 g/mol. The van der Waals surface area contributed by atoms with Crippen LogP contribution in [0.15, 0.2) is 0 Å². The molecular weight excluding hydrogens is 256 g/mol. The predicted octanol–water partition coefficient (Wildman–Crippen LogP) is 6.36. The Kier molecular flexibility index (Phi) is 8.14. The van der Waals surface area contributed by atoms with Crippen molar-refractivity contribution in [1.29, 1.82) is 0 Å². The molecule has 0 heterocycles. The first-order valence-corrected chi connectivity index (χ1v) is 9.93. The van der Waals surface area contributed by atoms with E-state index in [2.05, 4.69) is 13.8 Å². The zero-order valence-electron chi connectivity index (χ0n) is 14.6. The summed E-state index contributed by atoms with van der Waals surface area (Å²) in [4.78, 5) is 0. The molecule has 0 spiro atoms. The van der Waals surface area contributed by atoms with Crippen molar-refractivity contribution in [2.75, 3.05) is 6.61 Å². The van der Waals surface area contributed by atoms with Gasteiger partial charge in [0.2, 0.25) is 0 Å². The molecule has 1 nitrogen and oxygen atoms in total. The molecule has 21 heavy (non-hydrogen) atoms. The molecule has 0 radical (unpaired) electrons. The number of rotatable bonds is 8. The molecule has 0 aliphatic heterocycles. The van der Waals surface area contributed by atoms with E-state index in [0.717, 1.165) is 24.4 Å². The highest BCUT2D eigenvalue weighted by atomic mass is 16.5. The van der Waals surface area contributed by atoms with Crippen LogP contribution in [0.4, 0.5) is 0 Å². The van der Waals surface area contributed by atoms with Gasteiger partial charge in [0.05, 0.1) is 6.10 Å². The molecule has 1 heteroatoms. The van der Waals surface area contributed by atoms with Crippen LogP contribution in [0, 0.1) is 17.8 Å². The fourth-order valence-electron chi connectivity index (χ4n) is 4.55. The highest BCUT2D eigenvalue weighted by Gasteiger charge is 2.22. The van der Waals surface area contributed by atoms with Gasteiger partial charge in [0, 0.05) is 6.61 Å². The van der Waals surface area contributed by atoms with Gasteiger partial charge < -0.3 is 4.74 Å². The maximum atomic E-state index is 6.14. The maximum Gasteiger partial charge on any atom is 0.0575 e. The van der Waals surface area contributed by atoms with E-state index < -0.39 is 0 Å². The molecule has 2 saturated carbocycles. The van der Waals surface area contributed by atoms with Crippen molar-refractivity contribution in [3.05, 3.63) is 0 Å². The first-order valence-electron chi connectivity index (χ1n) is 9.93. The Balaban J connectivity index is 1.47. The molecule has 0 saturated heterocycles. The zero-order chi connectivity index (χ0) is 14.9. The third-order valence-electron chi connectivity index (χ3n) is 6.14. The molecule has 0 aromatic carbocycles. The van der Waals surface area contributed by atoms with Crippen LogP contribution in [0.25, 0.3) is 0 Å². The van der Waals surface area contributed by atoms with E-state index in [-0.39, 0.29) is 0 Å². The largest absolute Gasteiger partial charge is 0.378 e. The van der Waals surface area contributed by atoms with Crippen LogP contribution in [0.2, 0.25) is 0 Å². The highest BCUT2D eigenvalue weighted by Crippen LogP contribution is 2.33. The van der Waals surface area contributed by atoms with Crippen molar-refractivity contribution in [3.63, 3.8) is 0 Å². The summed E-state index contributed by atoms with van der Waals surface area (Å²) in [6.07, 6.45) is 18.9. The van der Waals surface area contributed by atoms with E-state index in [9.17, 15) is 0 Å². The lowest BCUT2D eigenvalue weighted by Crippen LogP contribution is -2.22. The molecule has 0 amide bonds. The van der Waals surface area contributed by atoms with Crippen molar-refractivity contribution in [2.24, 2.45) is 17.8 Å². The molecule has 0 unspecified atom stereocenters. The topological polar surface area (TPSA) is 9.23 Å². The van der Waals surface area contributed by atoms with Crippen LogP contribution in [-0.2, 0) is 4.74 Å². The van der Waals surface area contributed by atoms with Gasteiger partial charge in [-0.2, -0.15) is 0 Å². The van der Waals surface area contributed by atoms with Gasteiger partial charge >= 0.3 is 0 Å². The molecule has 0 aromatic rings. The van der Waals surface area contributed by atoms with Crippen LogP contribution in [0.3, 0.4) is 0 Å². The van der Waals surface area contributed by atoms with Gasteiger partial charge in [-0.3, -0.25) is 0 Å². The number of hydrogen-bond acceptors (Lipinski definition) is 1. The second-order valence-corrected chi connectivity index (χ2v) is 7.74. The first-order chi connectivity index (χ1) is 10.3. The summed E-state index contributed by atoms with van der Waals surface area (Å²) in [5, 5.41) is 0. The average Bonchev–Trinajstić information content (AvgIpc) is 2.54. The van der Waals surface area contributed by atoms with E-state index in [1.165, 1.54) is 83.5 Å². The summed E-state index contributed by atoms with van der Waals surface area (Å²) >= 11 is 0. The summed E-state index contributed by atoms with van der Waals surface area (Å²) in [7, 11) is 0. The molecule has 0 atom stereocenters. The second kappa shape index (κ2) is 9.87. The van der Waals surface area contributed by atoms with E-state index in [4.69, 9.17) is 4.74 Å². The Bertz CT molecular complexity index is 247. The zero-order valence-corrected chi connectivity index (χ0v) is 14.6. The highest BCUT2D eigenvalue weighted by molar-refractivity contribution is 4.74. The van der Waals surface area contributed by atoms with E-state index in [1.807, 2.05) is 0 Å². The molecule has 2 aliphatic carbocycles. The Morgan fingerprint density at radius 1 is 0.714 bits per heavy atom. The predicted molar refractivity (Wildman–Crippen MR) is 91.6 cm³/mol. The van der Waals surface area contributed by atoms with Gasteiger partial charge in [0.15, 0.2) is 0 Å². The fourth-order valence-corrected chi connectivity index (χ4v) is 4.55. The molecule has 0 N–H and O–H groups in total. The van der Waals surface area contributed by atoms with E-state index in [1.54, 1.807) is 0 Å². The van der Waals surface area contributed by atoms with Gasteiger partial charge in [-0.05, 0) is 56.3 Å². The molecule has 2 rings (SSSR count). The van der Waals surface area contributed by atoms with Gasteiger partial charge in [-0.15, -0.1) is 0 Å². The van der Waals surface area contributed by atoms with Gasteiger partial charge in [0.1, 0.15) is 0 Å². The van der Waals surface area contributed by atoms with Gasteiger partial charge in [-0.1, -0.05) is 58.8 Å². The third-order valence-corrected chi connectivity index (χ3v) is 6.14. The Hall–Kier alpha value is -0.0400. The number of ether oxygens (including phenoxy) is 1. The van der Waals surface area contributed by atoms with Crippen molar-refractivity contribution < 1.29 is 4.74 Å². The lowest BCUT2D eigenvalue weighted by molar-refractivity contribution is 0.0133. The summed E-state index contributed by atoms with van der Waals surface area (Å²) in [6, 6.07) is 0. The smallest absolute Gasteiger partial charge is 0.0575 e. The summed E-state index contributed by atoms with van der Waals surface area (Å²) < 4.78 is 6.14. The Morgan fingerprint density at radius 3 is 1.90 bits per heavy atom. The number of hydrogen-bond donors (Lipinski definition) is 0. The van der Waals surface area contributed by atoms with E-state index >= 15 is 0 Å². The summed E-state index contributed by atoms with van der Waals surface area (Å²) in [5.41, 5.74) is 0. The first kappa shape index (κ1) is 17.3. The molecule has 2 fully saturated rings. The summed E-state index contributed by atoms with van der Waals surface area (Å²) in [6.45, 7) is 5.70. The quantitative estimate of drug-likeness (QED) is 0.473. The van der Waals surface area contributed by atoms with Crippen molar-refractivity contribution in [3.8, 4) is 0 Å². The summed E-state index contributed by atoms with van der Waals surface area (Å²) in [5.74, 6) is 3.05. The lowest BCUT2D eigenvalue weighted by Gasteiger charge is -2.29. The fraction of sp³-hybridized carbons (Fsp3) is 1.00. The normalized spacial score (nSPS) is 34.0. The molecule has 0 aromatic heterocycles. The van der Waals surface area contributed by atoms with Gasteiger partial charge in [-0.25, -0.2) is 0 Å². The molecular formula is C20H38O. The molecule has 0 bridgehead atoms. The maximum absolute atomic E-state index is 6.14. The molecule has 124 valence electrons. The standard InChI is InChI=1S/C20H38O/c1-3-6-18-12-14-20(15-13-18)21-16-5-7-19-10-8-17(4-2)9-11-19/h17-20H,3-16H2,1-2H3/t17-,18?,19-,20?. The van der Waals surface area contributed by atoms with Crippen LogP contribution in [0.1, 0.15) is 97.3 Å².